The molecule has 2 aliphatic heterocycles. The van der Waals surface area contributed by atoms with Gasteiger partial charge in [-0.2, -0.15) is 0 Å². The van der Waals surface area contributed by atoms with Gasteiger partial charge in [0.05, 0.1) is 16.5 Å². The van der Waals surface area contributed by atoms with Gasteiger partial charge in [-0.3, -0.25) is 14.0 Å². The fourth-order valence-electron chi connectivity index (χ4n) is 4.96. The molecular formula is C27H26Cl3N3O3S. The van der Waals surface area contributed by atoms with Crippen LogP contribution in [0.4, 0.5) is 11.4 Å². The molecule has 2 aliphatic rings. The predicted octanol–water partition coefficient (Wildman–Crippen LogP) is 6.25. The summed E-state index contributed by atoms with van der Waals surface area (Å²) >= 11 is 18.3. The fraction of sp³-hybridized carbons (Fsp3) is 0.296. The van der Waals surface area contributed by atoms with Gasteiger partial charge < -0.3 is 5.32 Å². The Morgan fingerprint density at radius 2 is 1.70 bits per heavy atom. The number of benzene rings is 3. The van der Waals surface area contributed by atoms with Crippen molar-refractivity contribution < 1.29 is 13.2 Å². The monoisotopic (exact) mass is 577 g/mol. The Morgan fingerprint density at radius 3 is 2.46 bits per heavy atom. The van der Waals surface area contributed by atoms with Crippen molar-refractivity contribution in [1.29, 1.82) is 0 Å². The summed E-state index contributed by atoms with van der Waals surface area (Å²) in [5.74, 6) is -0.251. The zero-order chi connectivity index (χ0) is 26.2. The van der Waals surface area contributed by atoms with E-state index in [4.69, 9.17) is 34.8 Å². The number of fused-ring (bicyclic) bond motifs is 1. The van der Waals surface area contributed by atoms with Crippen molar-refractivity contribution in [1.82, 2.24) is 4.90 Å². The van der Waals surface area contributed by atoms with Crippen molar-refractivity contribution in [2.24, 2.45) is 5.92 Å². The number of rotatable bonds is 6. The van der Waals surface area contributed by atoms with E-state index in [2.05, 4.69) is 10.2 Å². The van der Waals surface area contributed by atoms with Crippen LogP contribution in [0.1, 0.15) is 24.0 Å². The van der Waals surface area contributed by atoms with Crippen molar-refractivity contribution in [3.8, 4) is 0 Å². The Morgan fingerprint density at radius 1 is 0.946 bits per heavy atom. The molecule has 0 unspecified atom stereocenters. The maximum absolute atomic E-state index is 13.3. The van der Waals surface area contributed by atoms with E-state index in [1.165, 1.54) is 16.4 Å². The van der Waals surface area contributed by atoms with Crippen LogP contribution in [0.25, 0.3) is 0 Å². The van der Waals surface area contributed by atoms with Gasteiger partial charge in [-0.1, -0.05) is 46.9 Å². The van der Waals surface area contributed by atoms with Crippen LogP contribution in [-0.2, 0) is 27.8 Å². The number of piperidine rings is 1. The fourth-order valence-corrected chi connectivity index (χ4v) is 7.05. The van der Waals surface area contributed by atoms with Gasteiger partial charge in [0, 0.05) is 40.4 Å². The summed E-state index contributed by atoms with van der Waals surface area (Å²) < 4.78 is 28.0. The number of nitrogens with one attached hydrogen (secondary N) is 1. The largest absolute Gasteiger partial charge is 0.326 e. The molecule has 0 aliphatic carbocycles. The number of likely N-dealkylation sites (tertiary alicyclic amines) is 1. The highest BCUT2D eigenvalue weighted by molar-refractivity contribution is 7.92. The van der Waals surface area contributed by atoms with Crippen LogP contribution in [0.5, 0.6) is 0 Å². The molecule has 5 rings (SSSR count). The molecule has 194 valence electrons. The molecular weight excluding hydrogens is 553 g/mol. The topological polar surface area (TPSA) is 69.7 Å². The molecule has 6 nitrogen and oxygen atoms in total. The second kappa shape index (κ2) is 10.8. The highest BCUT2D eigenvalue weighted by atomic mass is 35.5. The van der Waals surface area contributed by atoms with E-state index in [0.717, 1.165) is 30.5 Å². The normalized spacial score (nSPS) is 18.0. The first kappa shape index (κ1) is 26.3. The highest BCUT2D eigenvalue weighted by Gasteiger charge is 2.32. The summed E-state index contributed by atoms with van der Waals surface area (Å²) in [6, 6.07) is 17.1. The maximum Gasteiger partial charge on any atom is 0.264 e. The van der Waals surface area contributed by atoms with E-state index in [9.17, 15) is 13.2 Å². The second-order valence-corrected chi connectivity index (χ2v) is 12.6. The number of carbonyl (C=O) groups excluding carboxylic acids is 1. The minimum Gasteiger partial charge on any atom is -0.326 e. The molecule has 1 fully saturated rings. The van der Waals surface area contributed by atoms with Crippen LogP contribution in [0.2, 0.25) is 15.1 Å². The molecule has 1 atom stereocenters. The van der Waals surface area contributed by atoms with Crippen LogP contribution in [-0.4, -0.2) is 38.9 Å². The van der Waals surface area contributed by atoms with Crippen molar-refractivity contribution in [3.63, 3.8) is 0 Å². The van der Waals surface area contributed by atoms with E-state index in [0.29, 0.717) is 52.5 Å². The summed E-state index contributed by atoms with van der Waals surface area (Å²) in [6.45, 7) is 2.50. The zero-order valence-corrected chi connectivity index (χ0v) is 23.0. The minimum absolute atomic E-state index is 0.0723. The number of nitrogens with zero attached hydrogens (tertiary/aromatic N) is 2. The minimum atomic E-state index is -3.74. The lowest BCUT2D eigenvalue weighted by Crippen LogP contribution is -2.40. The van der Waals surface area contributed by atoms with E-state index in [1.807, 2.05) is 24.3 Å². The van der Waals surface area contributed by atoms with Crippen molar-refractivity contribution >= 4 is 62.1 Å². The molecule has 3 aromatic rings. The van der Waals surface area contributed by atoms with Gasteiger partial charge in [0.15, 0.2) is 0 Å². The molecule has 3 aromatic carbocycles. The van der Waals surface area contributed by atoms with Crippen molar-refractivity contribution in [2.45, 2.75) is 30.7 Å². The third kappa shape index (κ3) is 5.76. The van der Waals surface area contributed by atoms with Crippen LogP contribution < -0.4 is 9.62 Å². The van der Waals surface area contributed by atoms with E-state index in [-0.39, 0.29) is 16.7 Å². The molecule has 0 spiro atoms. The predicted molar refractivity (Wildman–Crippen MR) is 149 cm³/mol. The number of sulfonamides is 1. The van der Waals surface area contributed by atoms with Gasteiger partial charge in [-0.15, -0.1) is 0 Å². The van der Waals surface area contributed by atoms with Gasteiger partial charge in [0.25, 0.3) is 10.0 Å². The Labute approximate surface area is 232 Å². The molecule has 10 heteroatoms. The van der Waals surface area contributed by atoms with Crippen molar-refractivity contribution in [3.05, 3.63) is 86.9 Å². The van der Waals surface area contributed by atoms with Crippen molar-refractivity contribution in [2.75, 3.05) is 29.3 Å². The number of hydrogen-bond acceptors (Lipinski definition) is 4. The summed E-state index contributed by atoms with van der Waals surface area (Å²) in [6.07, 6.45) is 2.31. The molecule has 37 heavy (non-hydrogen) atoms. The quantitative estimate of drug-likeness (QED) is 0.375. The van der Waals surface area contributed by atoms with Gasteiger partial charge in [0.2, 0.25) is 5.91 Å². The second-order valence-electron chi connectivity index (χ2n) is 9.42. The van der Waals surface area contributed by atoms with Crippen LogP contribution in [0.3, 0.4) is 0 Å². The number of anilines is 2. The van der Waals surface area contributed by atoms with E-state index < -0.39 is 10.0 Å². The lowest BCUT2D eigenvalue weighted by atomic mass is 9.96. The summed E-state index contributed by atoms with van der Waals surface area (Å²) in [5.41, 5.74) is 3.09. The average Bonchev–Trinajstić information content (AvgIpc) is 3.30. The molecule has 0 aromatic heterocycles. The molecule has 1 saturated heterocycles. The van der Waals surface area contributed by atoms with Gasteiger partial charge in [-0.05, 0) is 85.5 Å². The number of hydrogen-bond donors (Lipinski definition) is 1. The van der Waals surface area contributed by atoms with Gasteiger partial charge >= 0.3 is 0 Å². The molecule has 0 bridgehead atoms. The molecule has 1 amide bonds. The first-order valence-corrected chi connectivity index (χ1v) is 14.7. The summed E-state index contributed by atoms with van der Waals surface area (Å²) in [5, 5.41) is 4.71. The molecule has 0 saturated carbocycles. The summed E-state index contributed by atoms with van der Waals surface area (Å²) in [7, 11) is -3.74. The molecule has 0 radical (unpaired) electrons. The van der Waals surface area contributed by atoms with E-state index >= 15 is 0 Å². The third-order valence-electron chi connectivity index (χ3n) is 6.89. The Bertz CT molecular complexity index is 1430. The number of halogens is 3. The lowest BCUT2D eigenvalue weighted by molar-refractivity contribution is -0.121. The standard InChI is InChI=1S/C27H26Cl3N3O3S/c28-21-6-9-24(10-7-21)37(35,36)33-13-11-18-4-8-23(15-26(18)33)31-27(34)20-2-1-12-32(17-20)16-19-3-5-22(29)14-25(19)30/h3-10,14-15,20H,1-2,11-13,16-17H2,(H,31,34)/t20-/m1/s1. The highest BCUT2D eigenvalue weighted by Crippen LogP contribution is 2.35. The first-order chi connectivity index (χ1) is 17.7. The number of carbonyl (C=O) groups is 1. The Hall–Kier alpha value is -2.29. The lowest BCUT2D eigenvalue weighted by Gasteiger charge is -2.32. The van der Waals surface area contributed by atoms with Gasteiger partial charge in [0.1, 0.15) is 0 Å². The van der Waals surface area contributed by atoms with Crippen LogP contribution >= 0.6 is 34.8 Å². The Balaban J connectivity index is 1.28. The zero-order valence-electron chi connectivity index (χ0n) is 20.0. The molecule has 1 N–H and O–H groups in total. The van der Waals surface area contributed by atoms with Crippen LogP contribution in [0.15, 0.2) is 65.6 Å². The summed E-state index contributed by atoms with van der Waals surface area (Å²) in [4.78, 5) is 15.6. The smallest absolute Gasteiger partial charge is 0.264 e. The SMILES string of the molecule is O=C(Nc1ccc2c(c1)N(S(=O)(=O)c1ccc(Cl)cc1)CC2)[C@@H]1CCCN(Cc2ccc(Cl)cc2Cl)C1. The van der Waals surface area contributed by atoms with E-state index in [1.54, 1.807) is 24.3 Å². The molecule has 2 heterocycles. The maximum atomic E-state index is 13.3. The first-order valence-electron chi connectivity index (χ1n) is 12.1. The van der Waals surface area contributed by atoms with Crippen LogP contribution in [0, 0.1) is 5.92 Å². The average molecular weight is 579 g/mol. The third-order valence-corrected chi connectivity index (χ3v) is 9.56. The number of amides is 1. The Kier molecular flexibility index (Phi) is 7.70. The van der Waals surface area contributed by atoms with Gasteiger partial charge in [-0.25, -0.2) is 8.42 Å².